The number of carbonyl (C=O) groups excluding carboxylic acids is 1. The van der Waals surface area contributed by atoms with E-state index in [1.165, 1.54) is 28.6 Å². The Bertz CT molecular complexity index is 905. The summed E-state index contributed by atoms with van der Waals surface area (Å²) in [6, 6.07) is 11.2. The molecule has 6 nitrogen and oxygen atoms in total. The number of carbonyl (C=O) groups is 1. The van der Waals surface area contributed by atoms with Crippen LogP contribution in [0.25, 0.3) is 5.69 Å². The molecule has 0 saturated carbocycles. The number of amides is 1. The second kappa shape index (κ2) is 7.94. The van der Waals surface area contributed by atoms with Gasteiger partial charge >= 0.3 is 0 Å². The van der Waals surface area contributed by atoms with Gasteiger partial charge in [0.2, 0.25) is 11.1 Å². The van der Waals surface area contributed by atoms with Gasteiger partial charge in [0.1, 0.15) is 5.82 Å². The molecule has 0 radical (unpaired) electrons. The summed E-state index contributed by atoms with van der Waals surface area (Å²) < 4.78 is 15.5. The molecular weight excluding hydrogens is 433 g/mol. The van der Waals surface area contributed by atoms with Crippen molar-refractivity contribution in [2.45, 2.75) is 5.16 Å². The van der Waals surface area contributed by atoms with Gasteiger partial charge in [0.15, 0.2) is 0 Å². The van der Waals surface area contributed by atoms with E-state index in [2.05, 4.69) is 36.8 Å². The third-order valence-electron chi connectivity index (χ3n) is 3.05. The van der Waals surface area contributed by atoms with Crippen molar-refractivity contribution in [2.75, 3.05) is 11.1 Å². The second-order valence-electron chi connectivity index (χ2n) is 4.81. The molecule has 0 aliphatic rings. The molecule has 128 valence electrons. The highest BCUT2D eigenvalue weighted by Crippen LogP contribution is 2.24. The standard InChI is InChI=1S/C15H10BrClFN5OS/c16-9-1-4-11(5-2-9)23-15(20-21-22-23)25-8-14(24)19-13-6-3-10(18)7-12(13)17/h1-7H,8H2,(H,19,24). The van der Waals surface area contributed by atoms with Crippen LogP contribution in [0.4, 0.5) is 10.1 Å². The van der Waals surface area contributed by atoms with Crippen LogP contribution in [0, 0.1) is 5.82 Å². The molecule has 0 fully saturated rings. The average Bonchev–Trinajstić information content (AvgIpc) is 3.05. The van der Waals surface area contributed by atoms with E-state index >= 15 is 0 Å². The molecular formula is C15H10BrClFN5OS. The molecule has 0 spiro atoms. The zero-order chi connectivity index (χ0) is 17.8. The first-order valence-electron chi connectivity index (χ1n) is 6.95. The number of nitrogens with one attached hydrogen (secondary N) is 1. The number of rotatable bonds is 5. The predicted octanol–water partition coefficient (Wildman–Crippen LogP) is 3.95. The Kier molecular flexibility index (Phi) is 5.67. The van der Waals surface area contributed by atoms with Crippen LogP contribution in [-0.2, 0) is 4.79 Å². The second-order valence-corrected chi connectivity index (χ2v) is 7.08. The number of halogens is 3. The Labute approximate surface area is 159 Å². The van der Waals surface area contributed by atoms with Crippen LogP contribution in [0.15, 0.2) is 52.1 Å². The first-order valence-corrected chi connectivity index (χ1v) is 9.10. The summed E-state index contributed by atoms with van der Waals surface area (Å²) in [6.07, 6.45) is 0. The predicted molar refractivity (Wildman–Crippen MR) is 97.6 cm³/mol. The van der Waals surface area contributed by atoms with E-state index < -0.39 is 5.82 Å². The largest absolute Gasteiger partial charge is 0.324 e. The van der Waals surface area contributed by atoms with Gasteiger partial charge in [-0.1, -0.05) is 39.3 Å². The molecule has 0 aliphatic heterocycles. The number of thioether (sulfide) groups is 1. The first-order chi connectivity index (χ1) is 12.0. The van der Waals surface area contributed by atoms with Crippen LogP contribution < -0.4 is 5.32 Å². The molecule has 3 aromatic rings. The van der Waals surface area contributed by atoms with Gasteiger partial charge in [-0.2, -0.15) is 4.68 Å². The van der Waals surface area contributed by atoms with Crippen LogP contribution >= 0.6 is 39.3 Å². The number of nitrogens with zero attached hydrogens (tertiary/aromatic N) is 4. The topological polar surface area (TPSA) is 72.7 Å². The van der Waals surface area contributed by atoms with Crippen LogP contribution in [0.5, 0.6) is 0 Å². The molecule has 1 aromatic heterocycles. The highest BCUT2D eigenvalue weighted by Gasteiger charge is 2.13. The van der Waals surface area contributed by atoms with Crippen molar-refractivity contribution in [2.24, 2.45) is 0 Å². The van der Waals surface area contributed by atoms with E-state index in [1.807, 2.05) is 24.3 Å². The first kappa shape index (κ1) is 17.8. The number of anilines is 1. The quantitative estimate of drug-likeness (QED) is 0.606. The number of tetrazole rings is 1. The van der Waals surface area contributed by atoms with Gasteiger partial charge in [0.25, 0.3) is 0 Å². The molecule has 1 amide bonds. The Balaban J connectivity index is 1.65. The fraction of sp³-hybridized carbons (Fsp3) is 0.0667. The minimum Gasteiger partial charge on any atom is -0.324 e. The summed E-state index contributed by atoms with van der Waals surface area (Å²) in [6.45, 7) is 0. The van der Waals surface area contributed by atoms with Crippen molar-refractivity contribution in [1.82, 2.24) is 20.2 Å². The molecule has 1 N–H and O–H groups in total. The van der Waals surface area contributed by atoms with E-state index in [-0.39, 0.29) is 16.7 Å². The Morgan fingerprint density at radius 3 is 2.76 bits per heavy atom. The molecule has 1 heterocycles. The average molecular weight is 443 g/mol. The molecule has 0 bridgehead atoms. The maximum Gasteiger partial charge on any atom is 0.234 e. The normalized spacial score (nSPS) is 10.7. The summed E-state index contributed by atoms with van der Waals surface area (Å²) in [7, 11) is 0. The van der Waals surface area contributed by atoms with Crippen molar-refractivity contribution in [3.63, 3.8) is 0 Å². The van der Waals surface area contributed by atoms with Crippen LogP contribution in [0.3, 0.4) is 0 Å². The van der Waals surface area contributed by atoms with Gasteiger partial charge in [-0.15, -0.1) is 5.10 Å². The molecule has 25 heavy (non-hydrogen) atoms. The van der Waals surface area contributed by atoms with E-state index in [0.29, 0.717) is 10.8 Å². The minimum absolute atomic E-state index is 0.0740. The molecule has 0 aliphatic carbocycles. The number of hydrogen-bond donors (Lipinski definition) is 1. The smallest absolute Gasteiger partial charge is 0.234 e. The minimum atomic E-state index is -0.467. The summed E-state index contributed by atoms with van der Waals surface area (Å²) in [5.74, 6) is -0.695. The maximum atomic E-state index is 13.0. The molecule has 0 saturated heterocycles. The number of aromatic nitrogens is 4. The van der Waals surface area contributed by atoms with Crippen LogP contribution in [0.1, 0.15) is 0 Å². The molecule has 0 unspecified atom stereocenters. The van der Waals surface area contributed by atoms with E-state index in [4.69, 9.17) is 11.6 Å². The van der Waals surface area contributed by atoms with Crippen LogP contribution in [-0.4, -0.2) is 31.9 Å². The fourth-order valence-electron chi connectivity index (χ4n) is 1.92. The lowest BCUT2D eigenvalue weighted by atomic mass is 10.3. The van der Waals surface area contributed by atoms with E-state index in [0.717, 1.165) is 16.2 Å². The summed E-state index contributed by atoms with van der Waals surface area (Å²) >= 11 is 10.4. The van der Waals surface area contributed by atoms with Gasteiger partial charge in [-0.25, -0.2) is 4.39 Å². The summed E-state index contributed by atoms with van der Waals surface area (Å²) in [4.78, 5) is 12.1. The van der Waals surface area contributed by atoms with Gasteiger partial charge < -0.3 is 5.32 Å². The molecule has 2 aromatic carbocycles. The van der Waals surface area contributed by atoms with Gasteiger partial charge in [-0.05, 0) is 52.9 Å². The van der Waals surface area contributed by atoms with Crippen molar-refractivity contribution in [1.29, 1.82) is 0 Å². The third kappa shape index (κ3) is 4.56. The summed E-state index contributed by atoms with van der Waals surface area (Å²) in [5, 5.41) is 14.7. The monoisotopic (exact) mass is 441 g/mol. The zero-order valence-corrected chi connectivity index (χ0v) is 15.6. The van der Waals surface area contributed by atoms with Gasteiger partial charge in [0, 0.05) is 4.47 Å². The van der Waals surface area contributed by atoms with Gasteiger partial charge in [0.05, 0.1) is 22.2 Å². The Hall–Kier alpha value is -1.97. The van der Waals surface area contributed by atoms with Crippen LogP contribution in [0.2, 0.25) is 5.02 Å². The number of benzene rings is 2. The van der Waals surface area contributed by atoms with Crippen molar-refractivity contribution in [3.8, 4) is 5.69 Å². The van der Waals surface area contributed by atoms with E-state index in [1.54, 1.807) is 0 Å². The zero-order valence-electron chi connectivity index (χ0n) is 12.5. The Morgan fingerprint density at radius 2 is 2.04 bits per heavy atom. The maximum absolute atomic E-state index is 13.0. The van der Waals surface area contributed by atoms with Crippen molar-refractivity contribution in [3.05, 3.63) is 57.8 Å². The van der Waals surface area contributed by atoms with Crippen molar-refractivity contribution < 1.29 is 9.18 Å². The molecule has 3 rings (SSSR count). The highest BCUT2D eigenvalue weighted by atomic mass is 79.9. The number of hydrogen-bond acceptors (Lipinski definition) is 5. The Morgan fingerprint density at radius 1 is 1.28 bits per heavy atom. The molecule has 10 heteroatoms. The third-order valence-corrected chi connectivity index (χ3v) is 4.81. The molecule has 0 atom stereocenters. The fourth-order valence-corrected chi connectivity index (χ4v) is 3.09. The lowest BCUT2D eigenvalue weighted by Gasteiger charge is -2.07. The van der Waals surface area contributed by atoms with E-state index in [9.17, 15) is 9.18 Å². The SMILES string of the molecule is O=C(CSc1nnnn1-c1ccc(Br)cc1)Nc1ccc(F)cc1Cl. The highest BCUT2D eigenvalue weighted by molar-refractivity contribution is 9.10. The summed E-state index contributed by atoms with van der Waals surface area (Å²) in [5.41, 5.74) is 1.12. The van der Waals surface area contributed by atoms with Crippen molar-refractivity contribution >= 4 is 50.9 Å². The lowest BCUT2D eigenvalue weighted by molar-refractivity contribution is -0.113. The van der Waals surface area contributed by atoms with Gasteiger partial charge in [-0.3, -0.25) is 4.79 Å². The lowest BCUT2D eigenvalue weighted by Crippen LogP contribution is -2.15.